The van der Waals surface area contributed by atoms with Gasteiger partial charge in [-0.3, -0.25) is 4.79 Å². The lowest BCUT2D eigenvalue weighted by atomic mass is 10.3. The molecule has 4 aromatic rings. The van der Waals surface area contributed by atoms with E-state index in [-0.39, 0.29) is 11.9 Å². The molecule has 6 heteroatoms. The minimum absolute atomic E-state index is 0.218. The number of hydrogen-bond acceptors (Lipinski definition) is 3. The molecule has 6 nitrogen and oxygen atoms in total. The topological polar surface area (TPSA) is 75.1 Å². The van der Waals surface area contributed by atoms with Gasteiger partial charge in [-0.1, -0.05) is 12.1 Å². The maximum absolute atomic E-state index is 12.5. The zero-order valence-corrected chi connectivity index (χ0v) is 13.4. The Balaban J connectivity index is 1.57. The molecule has 24 heavy (non-hydrogen) atoms. The van der Waals surface area contributed by atoms with Gasteiger partial charge in [0.1, 0.15) is 17.2 Å². The molecule has 4 rings (SSSR count). The van der Waals surface area contributed by atoms with Gasteiger partial charge in [0.25, 0.3) is 5.91 Å². The van der Waals surface area contributed by atoms with E-state index in [9.17, 15) is 4.79 Å². The number of rotatable bonds is 3. The Kier molecular flexibility index (Phi) is 3.30. The van der Waals surface area contributed by atoms with Gasteiger partial charge in [0.2, 0.25) is 0 Å². The third-order valence-electron chi connectivity index (χ3n) is 4.01. The number of H-pyrrole nitrogens is 1. The Morgan fingerprint density at radius 3 is 2.92 bits per heavy atom. The van der Waals surface area contributed by atoms with Gasteiger partial charge in [-0.25, -0.2) is 9.97 Å². The number of carbonyl (C=O) groups is 1. The highest BCUT2D eigenvalue weighted by atomic mass is 16.2. The second-order valence-electron chi connectivity index (χ2n) is 5.93. The fourth-order valence-electron chi connectivity index (χ4n) is 2.71. The van der Waals surface area contributed by atoms with Gasteiger partial charge >= 0.3 is 0 Å². The Morgan fingerprint density at radius 2 is 2.08 bits per heavy atom. The summed E-state index contributed by atoms with van der Waals surface area (Å²) in [6, 6.07) is 11.5. The maximum Gasteiger partial charge on any atom is 0.272 e. The number of nitrogens with one attached hydrogen (secondary N) is 2. The number of nitrogens with zero attached hydrogens (tertiary/aromatic N) is 3. The number of fused-ring (bicyclic) bond motifs is 2. The molecule has 0 unspecified atom stereocenters. The molecular formula is C18H17N5O. The third-order valence-corrected chi connectivity index (χ3v) is 4.01. The van der Waals surface area contributed by atoms with E-state index in [1.54, 1.807) is 6.20 Å². The van der Waals surface area contributed by atoms with Gasteiger partial charge in [-0.15, -0.1) is 0 Å². The highest BCUT2D eigenvalue weighted by Gasteiger charge is 2.17. The van der Waals surface area contributed by atoms with Crippen LogP contribution in [0.3, 0.4) is 0 Å². The van der Waals surface area contributed by atoms with Gasteiger partial charge in [0.05, 0.1) is 17.1 Å². The molecular weight excluding hydrogens is 302 g/mol. The van der Waals surface area contributed by atoms with Gasteiger partial charge in [0.15, 0.2) is 0 Å². The van der Waals surface area contributed by atoms with E-state index >= 15 is 0 Å². The summed E-state index contributed by atoms with van der Waals surface area (Å²) in [6.45, 7) is 3.90. The van der Waals surface area contributed by atoms with Gasteiger partial charge in [-0.2, -0.15) is 0 Å². The first kappa shape index (κ1) is 14.4. The molecule has 0 aliphatic rings. The molecule has 3 heterocycles. The number of aryl methyl sites for hydroxylation is 1. The van der Waals surface area contributed by atoms with Crippen molar-refractivity contribution in [2.45, 2.75) is 19.9 Å². The molecule has 0 aliphatic heterocycles. The predicted octanol–water partition coefficient (Wildman–Crippen LogP) is 3.01. The maximum atomic E-state index is 12.5. The molecule has 1 amide bonds. The molecule has 0 aliphatic carbocycles. The summed E-state index contributed by atoms with van der Waals surface area (Å²) in [5.74, 6) is 0.508. The van der Waals surface area contributed by atoms with Crippen LogP contribution in [0.5, 0.6) is 0 Å². The quantitative estimate of drug-likeness (QED) is 0.609. The minimum atomic E-state index is -0.239. The number of carbonyl (C=O) groups excluding carboxylic acids is 1. The Morgan fingerprint density at radius 1 is 1.25 bits per heavy atom. The zero-order chi connectivity index (χ0) is 16.7. The summed E-state index contributed by atoms with van der Waals surface area (Å²) in [6.07, 6.45) is 3.63. The normalized spacial score (nSPS) is 12.6. The molecule has 1 aromatic carbocycles. The zero-order valence-electron chi connectivity index (χ0n) is 13.4. The molecule has 120 valence electrons. The van der Waals surface area contributed by atoms with Crippen molar-refractivity contribution < 1.29 is 4.79 Å². The van der Waals surface area contributed by atoms with Crippen molar-refractivity contribution in [1.82, 2.24) is 24.7 Å². The van der Waals surface area contributed by atoms with Crippen LogP contribution in [0.25, 0.3) is 16.7 Å². The van der Waals surface area contributed by atoms with Crippen LogP contribution in [0.4, 0.5) is 0 Å². The molecule has 2 N–H and O–H groups in total. The molecule has 0 saturated heterocycles. The van der Waals surface area contributed by atoms with Crippen LogP contribution in [0, 0.1) is 6.92 Å². The van der Waals surface area contributed by atoms with Crippen LogP contribution in [0.15, 0.2) is 48.8 Å². The molecule has 0 fully saturated rings. The molecule has 1 atom stereocenters. The summed E-state index contributed by atoms with van der Waals surface area (Å²) in [4.78, 5) is 24.6. The number of imidazole rings is 2. The number of para-hydroxylation sites is 2. The molecule has 0 radical (unpaired) electrons. The third kappa shape index (κ3) is 2.52. The van der Waals surface area contributed by atoms with E-state index in [0.29, 0.717) is 5.69 Å². The second kappa shape index (κ2) is 5.49. The fraction of sp³-hybridized carbons (Fsp3) is 0.167. The Labute approximate surface area is 138 Å². The van der Waals surface area contributed by atoms with Crippen LogP contribution in [-0.4, -0.2) is 25.3 Å². The van der Waals surface area contributed by atoms with E-state index in [1.165, 1.54) is 0 Å². The van der Waals surface area contributed by atoms with Crippen LogP contribution < -0.4 is 5.32 Å². The molecule has 3 aromatic heterocycles. The van der Waals surface area contributed by atoms with Gasteiger partial charge < -0.3 is 14.7 Å². The van der Waals surface area contributed by atoms with Crippen molar-refractivity contribution in [3.63, 3.8) is 0 Å². The van der Waals surface area contributed by atoms with Crippen LogP contribution in [0.2, 0.25) is 0 Å². The number of aromatic amines is 1. The van der Waals surface area contributed by atoms with Crippen LogP contribution in [-0.2, 0) is 0 Å². The molecule has 0 saturated carbocycles. The molecule has 0 spiro atoms. The minimum Gasteiger partial charge on any atom is -0.341 e. The standard InChI is InChI=1S/C18H17N5O/c1-11-7-8-23-10-15(20-16(23)9-11)18(24)19-12(2)17-21-13-5-3-4-6-14(13)22-17/h3-10,12H,1-2H3,(H,19,24)(H,21,22)/t12-/m0/s1. The summed E-state index contributed by atoms with van der Waals surface area (Å²) in [5, 5.41) is 2.94. The van der Waals surface area contributed by atoms with Crippen LogP contribution >= 0.6 is 0 Å². The lowest BCUT2D eigenvalue weighted by molar-refractivity contribution is 0.0934. The largest absolute Gasteiger partial charge is 0.341 e. The Hall–Kier alpha value is -3.15. The fourth-order valence-corrected chi connectivity index (χ4v) is 2.71. The van der Waals surface area contributed by atoms with Crippen LogP contribution in [0.1, 0.15) is 34.8 Å². The van der Waals surface area contributed by atoms with E-state index in [2.05, 4.69) is 20.3 Å². The highest BCUT2D eigenvalue weighted by molar-refractivity contribution is 5.93. The van der Waals surface area contributed by atoms with Crippen molar-refractivity contribution in [3.05, 3.63) is 65.9 Å². The molecule has 0 bridgehead atoms. The smallest absolute Gasteiger partial charge is 0.272 e. The number of aromatic nitrogens is 4. The number of pyridine rings is 1. The summed E-state index contributed by atoms with van der Waals surface area (Å²) >= 11 is 0. The average Bonchev–Trinajstić information content (AvgIpc) is 3.18. The van der Waals surface area contributed by atoms with E-state index in [4.69, 9.17) is 0 Å². The van der Waals surface area contributed by atoms with E-state index in [0.717, 1.165) is 28.1 Å². The summed E-state index contributed by atoms with van der Waals surface area (Å²) in [7, 11) is 0. The lowest BCUT2D eigenvalue weighted by Crippen LogP contribution is -2.27. The van der Waals surface area contributed by atoms with E-state index < -0.39 is 0 Å². The van der Waals surface area contributed by atoms with Gasteiger partial charge in [-0.05, 0) is 43.7 Å². The predicted molar refractivity (Wildman–Crippen MR) is 91.9 cm³/mol. The average molecular weight is 319 g/mol. The lowest BCUT2D eigenvalue weighted by Gasteiger charge is -2.09. The van der Waals surface area contributed by atoms with Crippen molar-refractivity contribution in [2.75, 3.05) is 0 Å². The summed E-state index contributed by atoms with van der Waals surface area (Å²) in [5.41, 5.74) is 4.10. The van der Waals surface area contributed by atoms with E-state index in [1.807, 2.05) is 60.8 Å². The van der Waals surface area contributed by atoms with Crippen molar-refractivity contribution in [3.8, 4) is 0 Å². The number of hydrogen-bond donors (Lipinski definition) is 2. The summed E-state index contributed by atoms with van der Waals surface area (Å²) < 4.78 is 1.84. The van der Waals surface area contributed by atoms with Gasteiger partial charge in [0, 0.05) is 12.4 Å². The number of amides is 1. The van der Waals surface area contributed by atoms with Crippen molar-refractivity contribution in [1.29, 1.82) is 0 Å². The van der Waals surface area contributed by atoms with Crippen molar-refractivity contribution >= 4 is 22.6 Å². The number of benzene rings is 1. The van der Waals surface area contributed by atoms with Crippen molar-refractivity contribution in [2.24, 2.45) is 0 Å². The monoisotopic (exact) mass is 319 g/mol. The highest BCUT2D eigenvalue weighted by Crippen LogP contribution is 2.16. The first-order valence-electron chi connectivity index (χ1n) is 7.81. The first-order valence-corrected chi connectivity index (χ1v) is 7.81. The SMILES string of the molecule is Cc1ccn2cc(C(=O)N[C@@H](C)c3nc4ccccc4[nH]3)nc2c1. The first-order chi connectivity index (χ1) is 11.6. The second-order valence-corrected chi connectivity index (χ2v) is 5.93. The Bertz CT molecular complexity index is 1010.